The fourth-order valence-corrected chi connectivity index (χ4v) is 5.03. The van der Waals surface area contributed by atoms with Gasteiger partial charge < -0.3 is 20.1 Å². The van der Waals surface area contributed by atoms with Crippen LogP contribution in [0.25, 0.3) is 10.9 Å². The fourth-order valence-electron chi connectivity index (χ4n) is 5.03. The second-order valence-electron chi connectivity index (χ2n) is 9.29. The van der Waals surface area contributed by atoms with E-state index >= 15 is 0 Å². The lowest BCUT2D eigenvalue weighted by atomic mass is 9.93. The molecule has 0 aliphatic carbocycles. The molecule has 2 aromatic rings. The van der Waals surface area contributed by atoms with Crippen LogP contribution in [0.15, 0.2) is 30.3 Å². The van der Waals surface area contributed by atoms with E-state index < -0.39 is 0 Å². The minimum absolute atomic E-state index is 0.0612. The van der Waals surface area contributed by atoms with E-state index in [4.69, 9.17) is 0 Å². The number of carbonyl (C=O) groups excluding carboxylic acids is 2. The van der Waals surface area contributed by atoms with Gasteiger partial charge in [-0.05, 0) is 63.6 Å². The van der Waals surface area contributed by atoms with Gasteiger partial charge in [0.2, 0.25) is 5.91 Å². The van der Waals surface area contributed by atoms with Crippen LogP contribution in [0.1, 0.15) is 62.4 Å². The van der Waals surface area contributed by atoms with Crippen molar-refractivity contribution in [3.63, 3.8) is 0 Å². The van der Waals surface area contributed by atoms with Gasteiger partial charge in [0.15, 0.2) is 0 Å². The van der Waals surface area contributed by atoms with Crippen LogP contribution in [0.3, 0.4) is 0 Å². The number of amides is 2. The molecular weight excluding hydrogens is 388 g/mol. The lowest BCUT2D eigenvalue weighted by molar-refractivity contribution is -0.122. The summed E-state index contributed by atoms with van der Waals surface area (Å²) >= 11 is 0. The second-order valence-corrected chi connectivity index (χ2v) is 9.29. The van der Waals surface area contributed by atoms with Crippen LogP contribution < -0.4 is 5.32 Å². The minimum Gasteiger partial charge on any atom is -0.356 e. The second kappa shape index (κ2) is 10.3. The molecule has 1 atom stereocenters. The van der Waals surface area contributed by atoms with E-state index in [1.165, 1.54) is 25.8 Å². The number of H-pyrrole nitrogens is 1. The van der Waals surface area contributed by atoms with Crippen molar-refractivity contribution in [3.8, 4) is 0 Å². The number of nitrogens with one attached hydrogen (secondary N) is 2. The molecule has 1 aromatic carbocycles. The molecule has 0 spiro atoms. The lowest BCUT2D eigenvalue weighted by Gasteiger charge is -2.33. The van der Waals surface area contributed by atoms with E-state index in [9.17, 15) is 9.59 Å². The zero-order valence-corrected chi connectivity index (χ0v) is 18.7. The Bertz CT molecular complexity index is 852. The monoisotopic (exact) mass is 424 g/mol. The molecule has 0 unspecified atom stereocenters. The van der Waals surface area contributed by atoms with Crippen molar-refractivity contribution in [2.45, 2.75) is 57.9 Å². The zero-order chi connectivity index (χ0) is 21.6. The molecule has 0 saturated carbocycles. The van der Waals surface area contributed by atoms with Gasteiger partial charge in [0, 0.05) is 49.5 Å². The molecule has 3 heterocycles. The fraction of sp³-hybridized carbons (Fsp3) is 0.600. The summed E-state index contributed by atoms with van der Waals surface area (Å²) in [6.45, 7) is 6.80. The maximum Gasteiger partial charge on any atom is 0.270 e. The van der Waals surface area contributed by atoms with E-state index in [1.54, 1.807) is 0 Å². The first-order valence-electron chi connectivity index (χ1n) is 12.0. The maximum atomic E-state index is 12.8. The summed E-state index contributed by atoms with van der Waals surface area (Å²) in [6, 6.07) is 10.6. The molecule has 2 N–H and O–H groups in total. The SMILES string of the molecule is C[C@@H]1CCCCN1CCCNC(=O)CC1CCN(C(=O)c2cc3ccccc3[nH]2)CC1. The summed E-state index contributed by atoms with van der Waals surface area (Å²) in [4.78, 5) is 32.9. The number of benzene rings is 1. The standard InChI is InChI=1S/C25H36N4O2/c1-19-7-4-5-13-28(19)14-6-12-26-24(30)17-20-10-15-29(16-11-20)25(31)23-18-21-8-2-3-9-22(21)27-23/h2-3,8-9,18-20,27H,4-7,10-17H2,1H3,(H,26,30)/t19-/m1/s1. The van der Waals surface area contributed by atoms with Crippen LogP contribution in [0, 0.1) is 5.92 Å². The molecule has 6 nitrogen and oxygen atoms in total. The quantitative estimate of drug-likeness (QED) is 0.665. The van der Waals surface area contributed by atoms with Gasteiger partial charge in [-0.1, -0.05) is 24.6 Å². The van der Waals surface area contributed by atoms with Crippen molar-refractivity contribution in [1.29, 1.82) is 0 Å². The Labute approximate surface area is 185 Å². The molecule has 2 aliphatic rings. The Morgan fingerprint density at radius 2 is 1.90 bits per heavy atom. The van der Waals surface area contributed by atoms with Crippen molar-refractivity contribution in [2.75, 3.05) is 32.7 Å². The van der Waals surface area contributed by atoms with Crippen molar-refractivity contribution in [3.05, 3.63) is 36.0 Å². The van der Waals surface area contributed by atoms with Gasteiger partial charge in [-0.15, -0.1) is 0 Å². The number of likely N-dealkylation sites (tertiary alicyclic amines) is 2. The van der Waals surface area contributed by atoms with Crippen LogP contribution >= 0.6 is 0 Å². The van der Waals surface area contributed by atoms with Crippen LogP contribution in [0.2, 0.25) is 0 Å². The predicted octanol–water partition coefficient (Wildman–Crippen LogP) is 3.79. The van der Waals surface area contributed by atoms with Crippen LogP contribution in [0.4, 0.5) is 0 Å². The van der Waals surface area contributed by atoms with Crippen LogP contribution in [-0.4, -0.2) is 65.4 Å². The smallest absolute Gasteiger partial charge is 0.270 e. The average molecular weight is 425 g/mol. The topological polar surface area (TPSA) is 68.4 Å². The Morgan fingerprint density at radius 1 is 1.10 bits per heavy atom. The van der Waals surface area contributed by atoms with Gasteiger partial charge in [-0.25, -0.2) is 0 Å². The summed E-state index contributed by atoms with van der Waals surface area (Å²) in [5.41, 5.74) is 1.65. The highest BCUT2D eigenvalue weighted by atomic mass is 16.2. The van der Waals surface area contributed by atoms with Gasteiger partial charge in [0.1, 0.15) is 5.69 Å². The van der Waals surface area contributed by atoms with Gasteiger partial charge in [0.25, 0.3) is 5.91 Å². The Hall–Kier alpha value is -2.34. The number of hydrogen-bond donors (Lipinski definition) is 2. The van der Waals surface area contributed by atoms with E-state index in [0.717, 1.165) is 56.3 Å². The number of para-hydroxylation sites is 1. The normalized spacial score (nSPS) is 20.8. The molecule has 0 radical (unpaired) electrons. The third-order valence-electron chi connectivity index (χ3n) is 7.02. The Kier molecular flexibility index (Phi) is 7.28. The highest BCUT2D eigenvalue weighted by Crippen LogP contribution is 2.23. The van der Waals surface area contributed by atoms with Gasteiger partial charge in [0.05, 0.1) is 0 Å². The summed E-state index contributed by atoms with van der Waals surface area (Å²) in [7, 11) is 0. The van der Waals surface area contributed by atoms with Crippen molar-refractivity contribution in [1.82, 2.24) is 20.1 Å². The number of aromatic amines is 1. The van der Waals surface area contributed by atoms with Gasteiger partial charge >= 0.3 is 0 Å². The summed E-state index contributed by atoms with van der Waals surface area (Å²) in [5.74, 6) is 0.590. The van der Waals surface area contributed by atoms with Crippen molar-refractivity contribution >= 4 is 22.7 Å². The number of carbonyl (C=O) groups is 2. The Balaban J connectivity index is 1.15. The number of aromatic nitrogens is 1. The maximum absolute atomic E-state index is 12.8. The molecule has 2 amide bonds. The first-order chi connectivity index (χ1) is 15.1. The Morgan fingerprint density at radius 3 is 2.68 bits per heavy atom. The number of hydrogen-bond acceptors (Lipinski definition) is 3. The first-order valence-corrected chi connectivity index (χ1v) is 12.0. The molecule has 168 valence electrons. The minimum atomic E-state index is 0.0612. The highest BCUT2D eigenvalue weighted by molar-refractivity contribution is 5.98. The lowest BCUT2D eigenvalue weighted by Crippen LogP contribution is -2.40. The molecular formula is C25H36N4O2. The van der Waals surface area contributed by atoms with E-state index in [-0.39, 0.29) is 11.8 Å². The molecule has 4 rings (SSSR count). The third kappa shape index (κ3) is 5.67. The summed E-state index contributed by atoms with van der Waals surface area (Å²) in [6.07, 6.45) is 7.34. The van der Waals surface area contributed by atoms with Crippen LogP contribution in [-0.2, 0) is 4.79 Å². The van der Waals surface area contributed by atoms with E-state index in [2.05, 4.69) is 22.1 Å². The van der Waals surface area contributed by atoms with E-state index in [1.807, 2.05) is 35.2 Å². The number of rotatable bonds is 7. The molecule has 6 heteroatoms. The summed E-state index contributed by atoms with van der Waals surface area (Å²) in [5, 5.41) is 4.17. The molecule has 31 heavy (non-hydrogen) atoms. The zero-order valence-electron chi connectivity index (χ0n) is 18.7. The van der Waals surface area contributed by atoms with Gasteiger partial charge in [-0.3, -0.25) is 9.59 Å². The molecule has 1 aromatic heterocycles. The molecule has 2 aliphatic heterocycles. The molecule has 0 bridgehead atoms. The number of nitrogens with zero attached hydrogens (tertiary/aromatic N) is 2. The van der Waals surface area contributed by atoms with Crippen LogP contribution in [0.5, 0.6) is 0 Å². The first kappa shape index (κ1) is 21.9. The number of fused-ring (bicyclic) bond motifs is 1. The number of piperidine rings is 2. The predicted molar refractivity (Wildman–Crippen MR) is 124 cm³/mol. The van der Waals surface area contributed by atoms with Crippen molar-refractivity contribution < 1.29 is 9.59 Å². The summed E-state index contributed by atoms with van der Waals surface area (Å²) < 4.78 is 0. The third-order valence-corrected chi connectivity index (χ3v) is 7.02. The molecule has 2 fully saturated rings. The van der Waals surface area contributed by atoms with E-state index in [0.29, 0.717) is 24.1 Å². The largest absolute Gasteiger partial charge is 0.356 e. The van der Waals surface area contributed by atoms with Crippen molar-refractivity contribution in [2.24, 2.45) is 5.92 Å². The average Bonchev–Trinajstić information content (AvgIpc) is 3.22. The highest BCUT2D eigenvalue weighted by Gasteiger charge is 2.26. The van der Waals surface area contributed by atoms with Gasteiger partial charge in [-0.2, -0.15) is 0 Å². The molecule has 2 saturated heterocycles.